The highest BCUT2D eigenvalue weighted by atomic mass is 32.1. The van der Waals surface area contributed by atoms with Crippen LogP contribution in [0.1, 0.15) is 105 Å². The first kappa shape index (κ1) is 64.2. The van der Waals surface area contributed by atoms with Gasteiger partial charge in [0.05, 0.1) is 0 Å². The van der Waals surface area contributed by atoms with Gasteiger partial charge in [0.1, 0.15) is 38.8 Å². The summed E-state index contributed by atoms with van der Waals surface area (Å²) in [6, 6.07) is 48.5. The highest BCUT2D eigenvalue weighted by Crippen LogP contribution is 2.44. The Labute approximate surface area is 525 Å². The SMILES string of the molecule is C.CCNC(=O)c1sc2nc(C)cc(C)c2c1-c1ccccc1.CCNC(=O)c1sc2nc(C)cc(C)c2c1-c1ccccc1.CNC(=O)c1sc2nc(C)cc(C)c2c1-c1ccccc1.CNC(=O)c1sc2nc(C)cc(C)c2c1-c1ccccc1. The molecule has 0 spiro atoms. The highest BCUT2D eigenvalue weighted by Gasteiger charge is 2.26. The number of thiophene rings is 4. The number of aryl methyl sites for hydroxylation is 8. The number of amides is 4. The number of fused-ring (bicyclic) bond motifs is 4. The Morgan fingerprint density at radius 2 is 0.552 bits per heavy atom. The molecule has 0 bridgehead atoms. The van der Waals surface area contributed by atoms with Crippen molar-refractivity contribution in [2.24, 2.45) is 0 Å². The third-order valence-corrected chi connectivity index (χ3v) is 18.5. The number of aromatic nitrogens is 4. The van der Waals surface area contributed by atoms with Gasteiger partial charge in [0, 0.05) is 93.8 Å². The van der Waals surface area contributed by atoms with Crippen LogP contribution in [0.4, 0.5) is 0 Å². The van der Waals surface area contributed by atoms with Crippen molar-refractivity contribution in [3.05, 3.63) is 210 Å². The van der Waals surface area contributed by atoms with Gasteiger partial charge in [-0.2, -0.15) is 0 Å². The molecule has 12 nitrogen and oxygen atoms in total. The lowest BCUT2D eigenvalue weighted by Crippen LogP contribution is -2.22. The van der Waals surface area contributed by atoms with Gasteiger partial charge in [-0.1, -0.05) is 129 Å². The van der Waals surface area contributed by atoms with Gasteiger partial charge in [0.15, 0.2) is 0 Å². The molecule has 87 heavy (non-hydrogen) atoms. The minimum atomic E-state index is -0.0612. The van der Waals surface area contributed by atoms with Crippen LogP contribution in [-0.4, -0.2) is 70.7 Å². The number of rotatable bonds is 10. The van der Waals surface area contributed by atoms with E-state index in [4.69, 9.17) is 0 Å². The summed E-state index contributed by atoms with van der Waals surface area (Å²) in [5, 5.41) is 15.6. The van der Waals surface area contributed by atoms with E-state index < -0.39 is 0 Å². The van der Waals surface area contributed by atoms with E-state index in [1.165, 1.54) is 45.3 Å². The van der Waals surface area contributed by atoms with Crippen molar-refractivity contribution >= 4 is 110 Å². The van der Waals surface area contributed by atoms with E-state index in [2.05, 4.69) is 93.2 Å². The van der Waals surface area contributed by atoms with E-state index in [1.54, 1.807) is 14.1 Å². The molecule has 16 heteroatoms. The Hall–Kier alpha value is -8.80. The largest absolute Gasteiger partial charge is 0.354 e. The second-order valence-corrected chi connectivity index (χ2v) is 24.6. The molecule has 4 aromatic carbocycles. The number of carbonyl (C=O) groups excluding carboxylic acids is 4. The Bertz CT molecular complexity index is 4170. The molecular weight excluding hydrogens is 1160 g/mol. The van der Waals surface area contributed by atoms with Crippen molar-refractivity contribution in [2.45, 2.75) is 76.7 Å². The van der Waals surface area contributed by atoms with E-state index in [1.807, 2.05) is 163 Å². The maximum atomic E-state index is 12.5. The third-order valence-electron chi connectivity index (χ3n) is 14.2. The molecule has 0 aliphatic carbocycles. The maximum Gasteiger partial charge on any atom is 0.262 e. The fraction of sp³-hybridized carbons (Fsp3) is 0.211. The van der Waals surface area contributed by atoms with E-state index >= 15 is 0 Å². The predicted molar refractivity (Wildman–Crippen MR) is 368 cm³/mol. The molecule has 0 unspecified atom stereocenters. The van der Waals surface area contributed by atoms with E-state index in [0.29, 0.717) is 13.1 Å². The van der Waals surface area contributed by atoms with Crippen LogP contribution in [0.15, 0.2) is 146 Å². The van der Waals surface area contributed by atoms with Gasteiger partial charge < -0.3 is 21.3 Å². The lowest BCUT2D eigenvalue weighted by molar-refractivity contribution is 0.0952. The van der Waals surface area contributed by atoms with Gasteiger partial charge in [0.25, 0.3) is 23.6 Å². The van der Waals surface area contributed by atoms with Gasteiger partial charge in [-0.25, -0.2) is 19.9 Å². The third kappa shape index (κ3) is 13.9. The molecule has 12 aromatic rings. The van der Waals surface area contributed by atoms with Crippen molar-refractivity contribution in [2.75, 3.05) is 27.2 Å². The van der Waals surface area contributed by atoms with E-state index in [-0.39, 0.29) is 31.1 Å². The fourth-order valence-electron chi connectivity index (χ4n) is 10.6. The maximum absolute atomic E-state index is 12.5. The van der Waals surface area contributed by atoms with Crippen molar-refractivity contribution in [3.63, 3.8) is 0 Å². The lowest BCUT2D eigenvalue weighted by atomic mass is 10.00. The van der Waals surface area contributed by atoms with Crippen LogP contribution in [0.2, 0.25) is 0 Å². The van der Waals surface area contributed by atoms with Crippen LogP contribution in [-0.2, 0) is 0 Å². The Balaban J connectivity index is 0.000000150. The van der Waals surface area contributed by atoms with Crippen molar-refractivity contribution in [1.82, 2.24) is 41.2 Å². The molecule has 8 heterocycles. The number of nitrogens with one attached hydrogen (secondary N) is 4. The van der Waals surface area contributed by atoms with Crippen LogP contribution in [0.5, 0.6) is 0 Å². The summed E-state index contributed by atoms with van der Waals surface area (Å²) in [5.74, 6) is -0.175. The zero-order valence-electron chi connectivity index (χ0n) is 50.3. The van der Waals surface area contributed by atoms with Crippen LogP contribution in [0.25, 0.3) is 85.4 Å². The highest BCUT2D eigenvalue weighted by molar-refractivity contribution is 7.22. The Morgan fingerprint density at radius 1 is 0.345 bits per heavy atom. The molecule has 0 fully saturated rings. The first-order chi connectivity index (χ1) is 41.5. The van der Waals surface area contributed by atoms with E-state index in [9.17, 15) is 19.2 Å². The van der Waals surface area contributed by atoms with Gasteiger partial charge in [0.2, 0.25) is 0 Å². The fourth-order valence-corrected chi connectivity index (χ4v) is 15.6. The second kappa shape index (κ2) is 28.6. The first-order valence-corrected chi connectivity index (χ1v) is 31.6. The molecule has 4 amide bonds. The van der Waals surface area contributed by atoms with Crippen LogP contribution < -0.4 is 21.3 Å². The van der Waals surface area contributed by atoms with Crippen molar-refractivity contribution < 1.29 is 19.2 Å². The molecule has 0 radical (unpaired) electrons. The van der Waals surface area contributed by atoms with Crippen LogP contribution in [0, 0.1) is 55.4 Å². The summed E-state index contributed by atoms with van der Waals surface area (Å²) < 4.78 is 0. The zero-order chi connectivity index (χ0) is 61.3. The van der Waals surface area contributed by atoms with Gasteiger partial charge >= 0.3 is 0 Å². The quantitative estimate of drug-likeness (QED) is 0.105. The number of carbonyl (C=O) groups is 4. The van der Waals surface area contributed by atoms with Crippen LogP contribution >= 0.6 is 45.3 Å². The summed E-state index contributed by atoms with van der Waals surface area (Å²) in [6.07, 6.45) is 0. The number of pyridine rings is 4. The minimum Gasteiger partial charge on any atom is -0.354 e. The smallest absolute Gasteiger partial charge is 0.262 e. The van der Waals surface area contributed by atoms with Crippen molar-refractivity contribution in [3.8, 4) is 44.5 Å². The second-order valence-electron chi connectivity index (χ2n) is 20.6. The number of hydrogen-bond acceptors (Lipinski definition) is 12. The molecule has 0 aliphatic rings. The standard InChI is InChI=1S/2C18H18N2OS.2C17H16N2OS.CH4/c2*1-4-19-17(21)16-15(13-8-6-5-7-9-13)14-11(2)10-12(3)20-18(14)22-16;2*1-10-9-11(2)19-17-13(10)14(12-7-5-4-6-8-12)15(21-17)16(20)18-3;/h2*5-10H,4H2,1-3H3,(H,19,21);2*4-9H,1-3H3,(H,18,20);1H4. The zero-order valence-corrected chi connectivity index (χ0v) is 53.6. The van der Waals surface area contributed by atoms with E-state index in [0.717, 1.165) is 150 Å². The molecule has 0 atom stereocenters. The monoisotopic (exact) mass is 1230 g/mol. The molecular formula is C71H72N8O4S4. The molecule has 0 saturated carbocycles. The number of hydrogen-bond donors (Lipinski definition) is 4. The topological polar surface area (TPSA) is 168 Å². The molecule has 4 N–H and O–H groups in total. The number of benzene rings is 4. The summed E-state index contributed by atoms with van der Waals surface area (Å²) in [7, 11) is 3.32. The van der Waals surface area contributed by atoms with Gasteiger partial charge in [-0.3, -0.25) is 19.2 Å². The predicted octanol–water partition coefficient (Wildman–Crippen LogP) is 17.2. The summed E-state index contributed by atoms with van der Waals surface area (Å²) in [5.41, 5.74) is 16.7. The Kier molecular flexibility index (Phi) is 21.1. The molecule has 12 rings (SSSR count). The molecule has 0 aliphatic heterocycles. The van der Waals surface area contributed by atoms with Crippen LogP contribution in [0.3, 0.4) is 0 Å². The first-order valence-electron chi connectivity index (χ1n) is 28.3. The molecule has 444 valence electrons. The van der Waals surface area contributed by atoms with Crippen molar-refractivity contribution in [1.29, 1.82) is 0 Å². The summed E-state index contributed by atoms with van der Waals surface area (Å²) >= 11 is 5.86. The lowest BCUT2D eigenvalue weighted by Gasteiger charge is -2.07. The minimum absolute atomic E-state index is 0. The number of nitrogens with zero attached hydrogens (tertiary/aromatic N) is 4. The van der Waals surface area contributed by atoms with Gasteiger partial charge in [-0.05, 0) is 138 Å². The van der Waals surface area contributed by atoms with Gasteiger partial charge in [-0.15, -0.1) is 45.3 Å². The average molecular weight is 1230 g/mol. The average Bonchev–Trinajstić information content (AvgIpc) is 1.75. The molecule has 0 saturated heterocycles. The summed E-state index contributed by atoms with van der Waals surface area (Å²) in [6.45, 7) is 21.3. The normalized spacial score (nSPS) is 10.7. The Morgan fingerprint density at radius 3 is 0.747 bits per heavy atom. The summed E-state index contributed by atoms with van der Waals surface area (Å²) in [4.78, 5) is 74.5. The molecule has 8 aromatic heterocycles.